The van der Waals surface area contributed by atoms with Crippen LogP contribution in [0.1, 0.15) is 147 Å². The van der Waals surface area contributed by atoms with Gasteiger partial charge < -0.3 is 9.80 Å². The van der Waals surface area contributed by atoms with Crippen molar-refractivity contribution in [3.05, 3.63) is 192 Å². The molecule has 0 saturated carbocycles. The number of anilines is 6. The lowest BCUT2D eigenvalue weighted by Crippen LogP contribution is -2.14. The Labute approximate surface area is 394 Å². The molecule has 2 nitrogen and oxygen atoms in total. The molecule has 0 saturated heterocycles. The predicted octanol–water partition coefficient (Wildman–Crippen LogP) is 21.0. The van der Waals surface area contributed by atoms with Gasteiger partial charge in [-0.25, -0.2) is 0 Å². The summed E-state index contributed by atoms with van der Waals surface area (Å²) >= 11 is 0. The van der Waals surface area contributed by atoms with Gasteiger partial charge in [0.15, 0.2) is 0 Å². The van der Waals surface area contributed by atoms with Crippen LogP contribution in [-0.2, 0) is 12.8 Å². The van der Waals surface area contributed by atoms with E-state index in [0.717, 1.165) is 35.6 Å². The minimum atomic E-state index is 0.937. The van der Waals surface area contributed by atoms with Gasteiger partial charge in [-0.15, -0.1) is 0 Å². The van der Waals surface area contributed by atoms with Crippen molar-refractivity contribution < 1.29 is 0 Å². The lowest BCUT2D eigenvalue weighted by Gasteiger charge is -2.30. The molecular weight excluding hydrogens is 773 g/mol. The predicted molar refractivity (Wildman–Crippen MR) is 294 cm³/mol. The number of rotatable bonds is 6. The first kappa shape index (κ1) is 58.1. The van der Waals surface area contributed by atoms with Gasteiger partial charge in [0.2, 0.25) is 0 Å². The zero-order chi connectivity index (χ0) is 48.5. The van der Waals surface area contributed by atoms with E-state index >= 15 is 0 Å². The Kier molecular flexibility index (Phi) is 31.4. The van der Waals surface area contributed by atoms with E-state index in [9.17, 15) is 0 Å². The average Bonchev–Trinajstić information content (AvgIpc) is 4.00. The topological polar surface area (TPSA) is 6.48 Å². The van der Waals surface area contributed by atoms with Crippen LogP contribution in [0.15, 0.2) is 170 Å². The first-order chi connectivity index (χ1) is 31.8. The van der Waals surface area contributed by atoms with Gasteiger partial charge in [-0.05, 0) is 105 Å². The number of hydrogen-bond donors (Lipinski definition) is 0. The van der Waals surface area contributed by atoms with Crippen LogP contribution in [0, 0.1) is 0 Å². The highest BCUT2D eigenvalue weighted by molar-refractivity contribution is 5.90. The van der Waals surface area contributed by atoms with Crippen LogP contribution in [-0.4, -0.2) is 0 Å². The molecule has 0 radical (unpaired) electrons. The fourth-order valence-electron chi connectivity index (χ4n) is 7.46. The lowest BCUT2D eigenvalue weighted by molar-refractivity contribution is 1.19. The highest BCUT2D eigenvalue weighted by Gasteiger charge is 2.27. The smallest absolute Gasteiger partial charge is 0.0503 e. The molecule has 2 aliphatic carbocycles. The summed E-state index contributed by atoms with van der Waals surface area (Å²) in [4.78, 5) is 4.83. The first-order valence-corrected chi connectivity index (χ1v) is 25.0. The number of hydrogen-bond acceptors (Lipinski definition) is 2. The van der Waals surface area contributed by atoms with E-state index in [2.05, 4.69) is 180 Å². The Morgan fingerprint density at radius 1 is 0.234 bits per heavy atom. The second-order valence-corrected chi connectivity index (χ2v) is 12.1. The summed E-state index contributed by atoms with van der Waals surface area (Å²) in [6.07, 6.45) is 1.87. The fourth-order valence-corrected chi connectivity index (χ4v) is 7.46. The van der Waals surface area contributed by atoms with Crippen molar-refractivity contribution in [2.24, 2.45) is 0 Å². The van der Waals surface area contributed by atoms with Crippen molar-refractivity contribution in [2.45, 2.75) is 137 Å². The third-order valence-electron chi connectivity index (χ3n) is 9.53. The Morgan fingerprint density at radius 2 is 0.484 bits per heavy atom. The van der Waals surface area contributed by atoms with Crippen LogP contribution in [0.2, 0.25) is 0 Å². The summed E-state index contributed by atoms with van der Waals surface area (Å²) in [5.41, 5.74) is 17.9. The summed E-state index contributed by atoms with van der Waals surface area (Å²) < 4.78 is 0. The summed E-state index contributed by atoms with van der Waals surface area (Å²) in [7, 11) is 0. The Bertz CT molecular complexity index is 2040. The van der Waals surface area contributed by atoms with Gasteiger partial charge in [0, 0.05) is 35.6 Å². The zero-order valence-electron chi connectivity index (χ0n) is 43.5. The van der Waals surface area contributed by atoms with Gasteiger partial charge in [0.05, 0.1) is 11.4 Å². The van der Waals surface area contributed by atoms with Gasteiger partial charge in [-0.3, -0.25) is 0 Å². The maximum Gasteiger partial charge on any atom is 0.0503 e. The Hall–Kier alpha value is -5.86. The quantitative estimate of drug-likeness (QED) is 0.164. The molecule has 9 rings (SSSR count). The van der Waals surface area contributed by atoms with Gasteiger partial charge in [-0.1, -0.05) is 234 Å². The van der Waals surface area contributed by atoms with Crippen LogP contribution >= 0.6 is 0 Å². The van der Waals surface area contributed by atoms with E-state index in [0.29, 0.717) is 0 Å². The molecule has 0 N–H and O–H groups in total. The number of fused-ring (bicyclic) bond motifs is 6. The van der Waals surface area contributed by atoms with Crippen LogP contribution in [0.5, 0.6) is 0 Å². The van der Waals surface area contributed by atoms with Crippen LogP contribution in [0.25, 0.3) is 22.3 Å². The van der Waals surface area contributed by atoms with Crippen molar-refractivity contribution in [2.75, 3.05) is 9.80 Å². The molecule has 0 atom stereocenters. The van der Waals surface area contributed by atoms with Gasteiger partial charge >= 0.3 is 0 Å². The largest absolute Gasteiger partial charge is 0.310 e. The van der Waals surface area contributed by atoms with Crippen LogP contribution in [0.3, 0.4) is 0 Å². The normalized spacial score (nSPS) is 9.59. The third-order valence-corrected chi connectivity index (χ3v) is 9.53. The SMILES string of the molecule is CC.CC.CC.CC.CC.CC.CC.CC.CC.c1ccc(N(c2ccc(N(c3ccccc3)c3cccc4c3Cc3ccccc3-4)cc2)c2cccc3c2Cc2ccccc2-3)cc1. The molecule has 0 aromatic heterocycles. The highest BCUT2D eigenvalue weighted by Crippen LogP contribution is 2.48. The molecule has 7 aromatic rings. The molecule has 344 valence electrons. The Morgan fingerprint density at radius 3 is 0.797 bits per heavy atom. The minimum Gasteiger partial charge on any atom is -0.310 e. The first-order valence-electron chi connectivity index (χ1n) is 25.0. The van der Waals surface area contributed by atoms with E-state index in [1.165, 1.54) is 55.9 Å². The second kappa shape index (κ2) is 34.6. The van der Waals surface area contributed by atoms with Gasteiger partial charge in [0.25, 0.3) is 0 Å². The van der Waals surface area contributed by atoms with Crippen molar-refractivity contribution in [3.63, 3.8) is 0 Å². The molecule has 0 spiro atoms. The molecule has 2 aliphatic rings. The fraction of sp³-hybridized carbons (Fsp3) is 0.323. The van der Waals surface area contributed by atoms with E-state index in [-0.39, 0.29) is 0 Å². The van der Waals surface area contributed by atoms with E-state index in [1.54, 1.807) is 0 Å². The van der Waals surface area contributed by atoms with Crippen LogP contribution < -0.4 is 9.80 Å². The molecular formula is C62H86N2. The molecule has 0 amide bonds. The minimum absolute atomic E-state index is 0.937. The maximum atomic E-state index is 2.41. The summed E-state index contributed by atoms with van der Waals surface area (Å²) in [6.45, 7) is 36.0. The van der Waals surface area contributed by atoms with Crippen molar-refractivity contribution in [3.8, 4) is 22.3 Å². The molecule has 0 fully saturated rings. The maximum absolute atomic E-state index is 2.41. The molecule has 0 unspecified atom stereocenters. The molecule has 0 bridgehead atoms. The van der Waals surface area contributed by atoms with Gasteiger partial charge in [-0.2, -0.15) is 0 Å². The van der Waals surface area contributed by atoms with E-state index in [1.807, 2.05) is 125 Å². The molecule has 0 heterocycles. The Balaban J connectivity index is 0.00000198. The second-order valence-electron chi connectivity index (χ2n) is 12.1. The summed E-state index contributed by atoms with van der Waals surface area (Å²) in [5, 5.41) is 0. The zero-order valence-corrected chi connectivity index (χ0v) is 43.5. The summed E-state index contributed by atoms with van der Waals surface area (Å²) in [6, 6.07) is 61.7. The van der Waals surface area contributed by atoms with E-state index < -0.39 is 0 Å². The average molecular weight is 859 g/mol. The van der Waals surface area contributed by atoms with Crippen molar-refractivity contribution in [1.29, 1.82) is 0 Å². The number of nitrogens with zero attached hydrogens (tertiary/aromatic N) is 2. The number of para-hydroxylation sites is 2. The molecule has 64 heavy (non-hydrogen) atoms. The van der Waals surface area contributed by atoms with Crippen molar-refractivity contribution >= 4 is 34.1 Å². The lowest BCUT2D eigenvalue weighted by atomic mass is 10.0. The molecule has 7 aromatic carbocycles. The molecule has 0 aliphatic heterocycles. The standard InChI is InChI=1S/C44H32N2.9C2H6/c1-3-15-33(16-4-1)45(43-23-11-21-39-37-19-9-7-13-31(37)29-41(39)43)35-25-27-36(28-26-35)46(34-17-5-2-6-18-34)44-24-12-22-40-38-20-10-8-14-32(38)30-42(40)44;9*1-2/h1-28H,29-30H2;9*1-2H3. The van der Waals surface area contributed by atoms with Crippen molar-refractivity contribution in [1.82, 2.24) is 0 Å². The number of benzene rings is 7. The third kappa shape index (κ3) is 14.1. The summed E-state index contributed by atoms with van der Waals surface area (Å²) in [5.74, 6) is 0. The van der Waals surface area contributed by atoms with E-state index in [4.69, 9.17) is 0 Å². The highest BCUT2D eigenvalue weighted by atomic mass is 15.2. The monoisotopic (exact) mass is 859 g/mol. The van der Waals surface area contributed by atoms with Crippen LogP contribution in [0.4, 0.5) is 34.1 Å². The van der Waals surface area contributed by atoms with Gasteiger partial charge in [0.1, 0.15) is 0 Å². The molecule has 2 heteroatoms.